The smallest absolute Gasteiger partial charge is 0.259 e. The standard InChI is InChI=1S/C13H15ClN4O2/c1-3-4-15-12-10(14)6-9(7-16-12)13(19)17-11-5-8(2)18-20-11/h5-7H,3-4H2,1-2H3,(H,15,16)(H,17,19). The zero-order valence-electron chi connectivity index (χ0n) is 11.2. The SMILES string of the molecule is CCCNc1ncc(C(=O)Nc2cc(C)no2)cc1Cl. The van der Waals surface area contributed by atoms with Gasteiger partial charge >= 0.3 is 0 Å². The average molecular weight is 295 g/mol. The molecule has 6 nitrogen and oxygen atoms in total. The molecule has 2 rings (SSSR count). The maximum Gasteiger partial charge on any atom is 0.259 e. The highest BCUT2D eigenvalue weighted by Gasteiger charge is 2.12. The van der Waals surface area contributed by atoms with Crippen LogP contribution in [0.1, 0.15) is 29.4 Å². The highest BCUT2D eigenvalue weighted by molar-refractivity contribution is 6.33. The van der Waals surface area contributed by atoms with E-state index in [4.69, 9.17) is 16.1 Å². The predicted octanol–water partition coefficient (Wildman–Crippen LogP) is 3.11. The summed E-state index contributed by atoms with van der Waals surface area (Å²) in [7, 11) is 0. The largest absolute Gasteiger partial charge is 0.369 e. The Morgan fingerprint density at radius 2 is 2.25 bits per heavy atom. The van der Waals surface area contributed by atoms with Gasteiger partial charge in [0, 0.05) is 18.8 Å². The van der Waals surface area contributed by atoms with E-state index in [0.29, 0.717) is 22.1 Å². The van der Waals surface area contributed by atoms with Gasteiger partial charge in [-0.15, -0.1) is 0 Å². The van der Waals surface area contributed by atoms with Gasteiger partial charge in [-0.1, -0.05) is 23.7 Å². The molecule has 2 heterocycles. The van der Waals surface area contributed by atoms with E-state index in [1.54, 1.807) is 19.1 Å². The Hall–Kier alpha value is -2.08. The molecule has 2 N–H and O–H groups in total. The highest BCUT2D eigenvalue weighted by atomic mass is 35.5. The van der Waals surface area contributed by atoms with Crippen molar-refractivity contribution in [2.45, 2.75) is 20.3 Å². The molecule has 2 aromatic rings. The van der Waals surface area contributed by atoms with Crippen LogP contribution in [-0.4, -0.2) is 22.6 Å². The van der Waals surface area contributed by atoms with Crippen molar-refractivity contribution in [1.29, 1.82) is 0 Å². The maximum absolute atomic E-state index is 12.0. The molecule has 0 spiro atoms. The Morgan fingerprint density at radius 3 is 2.85 bits per heavy atom. The first-order chi connectivity index (χ1) is 9.60. The number of hydrogen-bond donors (Lipinski definition) is 2. The normalized spacial score (nSPS) is 10.3. The van der Waals surface area contributed by atoms with Gasteiger partial charge in [-0.05, 0) is 19.4 Å². The fraction of sp³-hybridized carbons (Fsp3) is 0.308. The van der Waals surface area contributed by atoms with Crippen molar-refractivity contribution in [3.8, 4) is 0 Å². The molecular weight excluding hydrogens is 280 g/mol. The fourth-order valence-corrected chi connectivity index (χ4v) is 1.78. The summed E-state index contributed by atoms with van der Waals surface area (Å²) in [5, 5.41) is 9.75. The molecule has 0 saturated carbocycles. The third-order valence-electron chi connectivity index (χ3n) is 2.51. The van der Waals surface area contributed by atoms with Crippen molar-refractivity contribution >= 4 is 29.2 Å². The first-order valence-corrected chi connectivity index (χ1v) is 6.62. The molecule has 0 aliphatic carbocycles. The minimum Gasteiger partial charge on any atom is -0.369 e. The topological polar surface area (TPSA) is 80.0 Å². The van der Waals surface area contributed by atoms with Gasteiger partial charge in [-0.25, -0.2) is 4.98 Å². The van der Waals surface area contributed by atoms with E-state index in [9.17, 15) is 4.79 Å². The number of pyridine rings is 1. The van der Waals surface area contributed by atoms with E-state index in [-0.39, 0.29) is 11.8 Å². The molecule has 0 radical (unpaired) electrons. The Morgan fingerprint density at radius 1 is 1.45 bits per heavy atom. The molecule has 0 atom stereocenters. The van der Waals surface area contributed by atoms with E-state index < -0.39 is 0 Å². The van der Waals surface area contributed by atoms with Gasteiger partial charge in [-0.2, -0.15) is 0 Å². The van der Waals surface area contributed by atoms with Crippen LogP contribution in [0.25, 0.3) is 0 Å². The van der Waals surface area contributed by atoms with Crippen LogP contribution in [-0.2, 0) is 0 Å². The molecule has 2 aromatic heterocycles. The maximum atomic E-state index is 12.0. The zero-order chi connectivity index (χ0) is 14.5. The zero-order valence-corrected chi connectivity index (χ0v) is 12.0. The molecule has 0 aliphatic rings. The van der Waals surface area contributed by atoms with E-state index in [1.165, 1.54) is 6.20 Å². The molecule has 0 aliphatic heterocycles. The summed E-state index contributed by atoms with van der Waals surface area (Å²) >= 11 is 6.08. The second-order valence-electron chi connectivity index (χ2n) is 4.27. The molecule has 1 amide bonds. The lowest BCUT2D eigenvalue weighted by Crippen LogP contribution is -2.12. The molecule has 20 heavy (non-hydrogen) atoms. The number of carbonyl (C=O) groups is 1. The van der Waals surface area contributed by atoms with Crippen LogP contribution in [0.15, 0.2) is 22.9 Å². The first-order valence-electron chi connectivity index (χ1n) is 6.24. The third kappa shape index (κ3) is 3.48. The van der Waals surface area contributed by atoms with Crippen molar-refractivity contribution in [3.05, 3.63) is 34.6 Å². The van der Waals surface area contributed by atoms with Crippen LogP contribution in [0.3, 0.4) is 0 Å². The summed E-state index contributed by atoms with van der Waals surface area (Å²) in [6.07, 6.45) is 2.42. The number of nitrogens with one attached hydrogen (secondary N) is 2. The van der Waals surface area contributed by atoms with Gasteiger partial charge in [0.25, 0.3) is 5.91 Å². The van der Waals surface area contributed by atoms with Gasteiger partial charge < -0.3 is 9.84 Å². The van der Waals surface area contributed by atoms with Crippen molar-refractivity contribution in [3.63, 3.8) is 0 Å². The Kier molecular flexibility index (Phi) is 4.57. The van der Waals surface area contributed by atoms with Crippen LogP contribution in [0.5, 0.6) is 0 Å². The number of rotatable bonds is 5. The van der Waals surface area contributed by atoms with Crippen molar-refractivity contribution in [2.24, 2.45) is 0 Å². The van der Waals surface area contributed by atoms with Crippen LogP contribution in [0.2, 0.25) is 5.02 Å². The number of hydrogen-bond acceptors (Lipinski definition) is 5. The average Bonchev–Trinajstić information content (AvgIpc) is 2.82. The van der Waals surface area contributed by atoms with Crippen LogP contribution in [0.4, 0.5) is 11.7 Å². The van der Waals surface area contributed by atoms with Gasteiger partial charge in [0.05, 0.1) is 16.3 Å². The minimum absolute atomic E-state index is 0.289. The summed E-state index contributed by atoms with van der Waals surface area (Å²) in [6, 6.07) is 3.19. The summed E-state index contributed by atoms with van der Waals surface area (Å²) in [4.78, 5) is 16.1. The lowest BCUT2D eigenvalue weighted by atomic mass is 10.2. The summed E-state index contributed by atoms with van der Waals surface area (Å²) < 4.78 is 4.92. The number of anilines is 2. The second kappa shape index (κ2) is 6.38. The number of aromatic nitrogens is 2. The molecule has 0 aromatic carbocycles. The number of halogens is 1. The van der Waals surface area contributed by atoms with Crippen molar-refractivity contribution in [2.75, 3.05) is 17.2 Å². The van der Waals surface area contributed by atoms with Crippen molar-refractivity contribution < 1.29 is 9.32 Å². The lowest BCUT2D eigenvalue weighted by Gasteiger charge is -2.07. The summed E-state index contributed by atoms with van der Waals surface area (Å²) in [6.45, 7) is 4.59. The van der Waals surface area contributed by atoms with Gasteiger partial charge in [-0.3, -0.25) is 10.1 Å². The summed E-state index contributed by atoms with van der Waals surface area (Å²) in [5.74, 6) is 0.509. The number of nitrogens with zero attached hydrogens (tertiary/aromatic N) is 2. The Bertz CT molecular complexity index is 612. The van der Waals surface area contributed by atoms with Gasteiger partial charge in [0.15, 0.2) is 0 Å². The molecule has 0 unspecified atom stereocenters. The monoisotopic (exact) mass is 294 g/mol. The second-order valence-corrected chi connectivity index (χ2v) is 4.68. The van der Waals surface area contributed by atoms with E-state index in [2.05, 4.69) is 20.8 Å². The highest BCUT2D eigenvalue weighted by Crippen LogP contribution is 2.20. The Labute approximate surface area is 121 Å². The molecule has 7 heteroatoms. The van der Waals surface area contributed by atoms with Gasteiger partial charge in [0.1, 0.15) is 5.82 Å². The van der Waals surface area contributed by atoms with Crippen LogP contribution in [0, 0.1) is 6.92 Å². The van der Waals surface area contributed by atoms with E-state index in [0.717, 1.165) is 13.0 Å². The van der Waals surface area contributed by atoms with Crippen LogP contribution < -0.4 is 10.6 Å². The number of carbonyl (C=O) groups excluding carboxylic acids is 1. The van der Waals surface area contributed by atoms with E-state index >= 15 is 0 Å². The molecule has 0 saturated heterocycles. The lowest BCUT2D eigenvalue weighted by molar-refractivity contribution is 0.102. The van der Waals surface area contributed by atoms with Gasteiger partial charge in [0.2, 0.25) is 5.88 Å². The van der Waals surface area contributed by atoms with Crippen molar-refractivity contribution in [1.82, 2.24) is 10.1 Å². The minimum atomic E-state index is -0.349. The van der Waals surface area contributed by atoms with Crippen LogP contribution >= 0.6 is 11.6 Å². The number of aryl methyl sites for hydroxylation is 1. The molecule has 106 valence electrons. The fourth-order valence-electron chi connectivity index (χ4n) is 1.54. The molecular formula is C13H15ClN4O2. The molecule has 0 fully saturated rings. The Balaban J connectivity index is 2.08. The quantitative estimate of drug-likeness (QED) is 0.885. The summed E-state index contributed by atoms with van der Waals surface area (Å²) in [5.41, 5.74) is 1.04. The molecule has 0 bridgehead atoms. The van der Waals surface area contributed by atoms with E-state index in [1.807, 2.05) is 6.92 Å². The third-order valence-corrected chi connectivity index (χ3v) is 2.80. The predicted molar refractivity (Wildman–Crippen MR) is 77.2 cm³/mol. The number of amides is 1. The first kappa shape index (κ1) is 14.3.